The zero-order chi connectivity index (χ0) is 22.1. The molecule has 0 unspecified atom stereocenters. The van der Waals surface area contributed by atoms with Crippen LogP contribution in [0, 0.1) is 12.3 Å². The third kappa shape index (κ3) is 4.08. The van der Waals surface area contributed by atoms with Crippen LogP contribution in [0.5, 0.6) is 5.75 Å². The van der Waals surface area contributed by atoms with Gasteiger partial charge in [0, 0.05) is 11.6 Å². The van der Waals surface area contributed by atoms with Gasteiger partial charge in [0.15, 0.2) is 17.0 Å². The zero-order valence-electron chi connectivity index (χ0n) is 16.5. The van der Waals surface area contributed by atoms with E-state index in [0.29, 0.717) is 22.2 Å². The van der Waals surface area contributed by atoms with Gasteiger partial charge in [0.25, 0.3) is 5.91 Å². The van der Waals surface area contributed by atoms with Crippen LogP contribution in [0.2, 0.25) is 0 Å². The van der Waals surface area contributed by atoms with E-state index in [1.807, 2.05) is 0 Å². The number of alkyl halides is 3. The van der Waals surface area contributed by atoms with Gasteiger partial charge in [-0.15, -0.1) is 6.42 Å². The molecule has 0 aliphatic rings. The summed E-state index contributed by atoms with van der Waals surface area (Å²) < 4.78 is 46.7. The molecule has 156 valence electrons. The molecule has 30 heavy (non-hydrogen) atoms. The standard InChI is InChI=1S/C21H19F3N4O2/c1-5-20(3,6-2)26-19(29)16-12-18-25-15(13-7-9-14(30-4)10-8-13)11-17(21(22,23)24)28(18)27-16/h1,7-12H,6H2,2-4H3,(H,26,29)/t20-/m1/s1. The molecule has 6 nitrogen and oxygen atoms in total. The van der Waals surface area contributed by atoms with E-state index in [2.05, 4.69) is 21.3 Å². The van der Waals surface area contributed by atoms with E-state index in [-0.39, 0.29) is 17.0 Å². The van der Waals surface area contributed by atoms with Crippen molar-refractivity contribution >= 4 is 11.6 Å². The van der Waals surface area contributed by atoms with Crippen molar-refractivity contribution in [3.63, 3.8) is 0 Å². The number of hydrogen-bond acceptors (Lipinski definition) is 4. The fourth-order valence-electron chi connectivity index (χ4n) is 2.74. The predicted octanol–water partition coefficient (Wildman–Crippen LogP) is 3.96. The Labute approximate surface area is 171 Å². The van der Waals surface area contributed by atoms with Crippen LogP contribution in [0.3, 0.4) is 0 Å². The average Bonchev–Trinajstić information content (AvgIpc) is 3.16. The van der Waals surface area contributed by atoms with Crippen molar-refractivity contribution in [2.45, 2.75) is 32.0 Å². The van der Waals surface area contributed by atoms with Gasteiger partial charge in [0.2, 0.25) is 0 Å². The molecule has 0 bridgehead atoms. The first-order valence-corrected chi connectivity index (χ1v) is 9.03. The SMILES string of the molecule is C#C[C@](C)(CC)NC(=O)c1cc2nc(-c3ccc(OC)cc3)cc(C(F)(F)F)n2n1. The number of benzene rings is 1. The van der Waals surface area contributed by atoms with Crippen LogP contribution in [-0.4, -0.2) is 33.2 Å². The third-order valence-corrected chi connectivity index (χ3v) is 4.75. The fourth-order valence-corrected chi connectivity index (χ4v) is 2.74. The Bertz CT molecular complexity index is 1130. The number of ether oxygens (including phenoxy) is 1. The lowest BCUT2D eigenvalue weighted by molar-refractivity contribution is -0.142. The van der Waals surface area contributed by atoms with Crippen LogP contribution in [0.15, 0.2) is 36.4 Å². The highest BCUT2D eigenvalue weighted by atomic mass is 19.4. The van der Waals surface area contributed by atoms with E-state index in [0.717, 1.165) is 6.07 Å². The molecule has 0 saturated heterocycles. The summed E-state index contributed by atoms with van der Waals surface area (Å²) in [5.74, 6) is 2.35. The number of aromatic nitrogens is 3. The maximum atomic E-state index is 13.7. The van der Waals surface area contributed by atoms with Crippen LogP contribution >= 0.6 is 0 Å². The Morgan fingerprint density at radius 2 is 1.93 bits per heavy atom. The Morgan fingerprint density at radius 1 is 1.27 bits per heavy atom. The topological polar surface area (TPSA) is 68.5 Å². The molecule has 3 aromatic rings. The van der Waals surface area contributed by atoms with Gasteiger partial charge in [0.05, 0.1) is 18.3 Å². The number of terminal acetylenes is 1. The molecule has 1 amide bonds. The molecule has 0 radical (unpaired) electrons. The van der Waals surface area contributed by atoms with Crippen molar-refractivity contribution in [1.29, 1.82) is 0 Å². The van der Waals surface area contributed by atoms with Crippen LogP contribution in [0.4, 0.5) is 13.2 Å². The second kappa shape index (κ2) is 7.71. The molecule has 2 aromatic heterocycles. The summed E-state index contributed by atoms with van der Waals surface area (Å²) in [6.07, 6.45) is 1.18. The third-order valence-electron chi connectivity index (χ3n) is 4.75. The molecule has 0 saturated carbocycles. The van der Waals surface area contributed by atoms with Crippen molar-refractivity contribution < 1.29 is 22.7 Å². The number of methoxy groups -OCH3 is 1. The summed E-state index contributed by atoms with van der Waals surface area (Å²) in [4.78, 5) is 16.8. The number of amides is 1. The molecule has 1 N–H and O–H groups in total. The van der Waals surface area contributed by atoms with Crippen LogP contribution in [0.1, 0.15) is 36.5 Å². The Morgan fingerprint density at radius 3 is 2.47 bits per heavy atom. The summed E-state index contributed by atoms with van der Waals surface area (Å²) in [5, 5.41) is 6.44. The minimum absolute atomic E-state index is 0.0892. The fraction of sp³-hybridized carbons (Fsp3) is 0.286. The maximum absolute atomic E-state index is 13.7. The molecular weight excluding hydrogens is 397 g/mol. The average molecular weight is 416 g/mol. The van der Waals surface area contributed by atoms with Crippen molar-refractivity contribution in [2.24, 2.45) is 0 Å². The van der Waals surface area contributed by atoms with Gasteiger partial charge in [-0.25, -0.2) is 9.50 Å². The van der Waals surface area contributed by atoms with Crippen molar-refractivity contribution in [3.8, 4) is 29.4 Å². The summed E-state index contributed by atoms with van der Waals surface area (Å²) in [5.41, 5.74) is -1.77. The number of halogens is 3. The second-order valence-corrected chi connectivity index (χ2v) is 6.84. The molecule has 3 rings (SSSR count). The van der Waals surface area contributed by atoms with Gasteiger partial charge in [-0.3, -0.25) is 4.79 Å². The van der Waals surface area contributed by atoms with Gasteiger partial charge in [0.1, 0.15) is 5.75 Å². The molecule has 9 heteroatoms. The van der Waals surface area contributed by atoms with Crippen LogP contribution in [-0.2, 0) is 6.18 Å². The van der Waals surface area contributed by atoms with E-state index in [9.17, 15) is 18.0 Å². The van der Waals surface area contributed by atoms with E-state index in [1.165, 1.54) is 13.2 Å². The molecule has 0 spiro atoms. The molecule has 0 aliphatic heterocycles. The number of hydrogen-bond donors (Lipinski definition) is 1. The molecular formula is C21H19F3N4O2. The lowest BCUT2D eigenvalue weighted by Gasteiger charge is -2.22. The number of nitrogens with one attached hydrogen (secondary N) is 1. The summed E-state index contributed by atoms with van der Waals surface area (Å²) in [7, 11) is 1.49. The summed E-state index contributed by atoms with van der Waals surface area (Å²) in [6, 6.07) is 8.53. The van der Waals surface area contributed by atoms with Gasteiger partial charge < -0.3 is 10.1 Å². The molecule has 0 fully saturated rings. The van der Waals surface area contributed by atoms with Gasteiger partial charge in [-0.05, 0) is 43.7 Å². The minimum atomic E-state index is -4.71. The molecule has 2 heterocycles. The van der Waals surface area contributed by atoms with E-state index >= 15 is 0 Å². The van der Waals surface area contributed by atoms with E-state index < -0.39 is 23.3 Å². The van der Waals surface area contributed by atoms with Gasteiger partial charge >= 0.3 is 6.18 Å². The monoisotopic (exact) mass is 416 g/mol. The second-order valence-electron chi connectivity index (χ2n) is 6.84. The highest BCUT2D eigenvalue weighted by Crippen LogP contribution is 2.32. The van der Waals surface area contributed by atoms with Crippen molar-refractivity contribution in [3.05, 3.63) is 47.8 Å². The first-order chi connectivity index (χ1) is 14.1. The quantitative estimate of drug-likeness (QED) is 0.640. The maximum Gasteiger partial charge on any atom is 0.433 e. The van der Waals surface area contributed by atoms with Crippen molar-refractivity contribution in [2.75, 3.05) is 7.11 Å². The van der Waals surface area contributed by atoms with E-state index in [1.54, 1.807) is 38.1 Å². The first kappa shape index (κ1) is 21.2. The molecule has 1 aromatic carbocycles. The number of nitrogens with zero attached hydrogens (tertiary/aromatic N) is 3. The van der Waals surface area contributed by atoms with Crippen LogP contribution in [0.25, 0.3) is 16.9 Å². The first-order valence-electron chi connectivity index (χ1n) is 9.03. The molecule has 0 aliphatic carbocycles. The number of carbonyl (C=O) groups excluding carboxylic acids is 1. The lowest BCUT2D eigenvalue weighted by atomic mass is 10.0. The zero-order valence-corrected chi connectivity index (χ0v) is 16.5. The predicted molar refractivity (Wildman–Crippen MR) is 105 cm³/mol. The van der Waals surface area contributed by atoms with Gasteiger partial charge in [-0.2, -0.15) is 18.3 Å². The lowest BCUT2D eigenvalue weighted by Crippen LogP contribution is -2.44. The van der Waals surface area contributed by atoms with Crippen molar-refractivity contribution in [1.82, 2.24) is 19.9 Å². The van der Waals surface area contributed by atoms with Gasteiger partial charge in [-0.1, -0.05) is 12.8 Å². The summed E-state index contributed by atoms with van der Waals surface area (Å²) >= 11 is 0. The Balaban J connectivity index is 2.11. The smallest absolute Gasteiger partial charge is 0.433 e. The minimum Gasteiger partial charge on any atom is -0.497 e. The Kier molecular flexibility index (Phi) is 5.44. The number of rotatable bonds is 5. The Hall–Kier alpha value is -3.54. The highest BCUT2D eigenvalue weighted by molar-refractivity contribution is 5.94. The molecule has 1 atom stereocenters. The number of fused-ring (bicyclic) bond motifs is 1. The largest absolute Gasteiger partial charge is 0.497 e. The normalized spacial score (nSPS) is 13.5. The number of carbonyl (C=O) groups is 1. The summed E-state index contributed by atoms with van der Waals surface area (Å²) in [6.45, 7) is 3.43. The highest BCUT2D eigenvalue weighted by Gasteiger charge is 2.36. The van der Waals surface area contributed by atoms with E-state index in [4.69, 9.17) is 11.2 Å². The van der Waals surface area contributed by atoms with Crippen LogP contribution < -0.4 is 10.1 Å².